The van der Waals surface area contributed by atoms with Crippen LogP contribution in [0.1, 0.15) is 52.0 Å². The summed E-state index contributed by atoms with van der Waals surface area (Å²) in [5.74, 6) is 0.791. The van der Waals surface area contributed by atoms with Gasteiger partial charge in [-0.2, -0.15) is 0 Å². The summed E-state index contributed by atoms with van der Waals surface area (Å²) in [6.07, 6.45) is 6.86. The first-order valence-electron chi connectivity index (χ1n) is 7.52. The number of aromatic nitrogens is 1. The highest BCUT2D eigenvalue weighted by atomic mass is 79.9. The van der Waals surface area contributed by atoms with Gasteiger partial charge in [-0.3, -0.25) is 0 Å². The second-order valence-corrected chi connectivity index (χ2v) is 7.30. The maximum atomic E-state index is 6.16. The minimum Gasteiger partial charge on any atom is -0.474 e. The van der Waals surface area contributed by atoms with Crippen molar-refractivity contribution in [3.8, 4) is 5.88 Å². The van der Waals surface area contributed by atoms with Crippen LogP contribution >= 0.6 is 15.9 Å². The lowest BCUT2D eigenvalue weighted by Crippen LogP contribution is -2.29. The van der Waals surface area contributed by atoms with E-state index >= 15 is 0 Å². The molecule has 1 aliphatic carbocycles. The van der Waals surface area contributed by atoms with E-state index in [2.05, 4.69) is 53.1 Å². The molecule has 112 valence electrons. The lowest BCUT2D eigenvalue weighted by molar-refractivity contribution is 0.0938. The number of ether oxygens (including phenoxy) is 1. The largest absolute Gasteiger partial charge is 0.474 e. The molecule has 4 heteroatoms. The number of pyridine rings is 1. The maximum absolute atomic E-state index is 6.16. The first kappa shape index (κ1) is 15.8. The SMILES string of the molecule is CCNCc1cc(Br)cnc1OC1CCC(C)(C)CC1. The summed E-state index contributed by atoms with van der Waals surface area (Å²) < 4.78 is 7.16. The molecule has 0 spiro atoms. The van der Waals surface area contributed by atoms with Crippen molar-refractivity contribution in [2.45, 2.75) is 59.1 Å². The molecule has 1 fully saturated rings. The molecule has 0 atom stereocenters. The summed E-state index contributed by atoms with van der Waals surface area (Å²) >= 11 is 3.48. The van der Waals surface area contributed by atoms with Crippen molar-refractivity contribution in [2.75, 3.05) is 6.54 Å². The first-order chi connectivity index (χ1) is 9.50. The summed E-state index contributed by atoms with van der Waals surface area (Å²) in [7, 11) is 0. The highest BCUT2D eigenvalue weighted by Gasteiger charge is 2.28. The standard InChI is InChI=1S/C16H25BrN2O/c1-4-18-10-12-9-13(17)11-19-15(12)20-14-5-7-16(2,3)8-6-14/h9,11,14,18H,4-8,10H2,1-3H3. The lowest BCUT2D eigenvalue weighted by atomic mass is 9.76. The summed E-state index contributed by atoms with van der Waals surface area (Å²) in [5, 5.41) is 3.34. The van der Waals surface area contributed by atoms with Gasteiger partial charge in [0.15, 0.2) is 0 Å². The second-order valence-electron chi connectivity index (χ2n) is 6.38. The van der Waals surface area contributed by atoms with Crippen LogP contribution in [0.2, 0.25) is 0 Å². The zero-order chi connectivity index (χ0) is 14.6. The Balaban J connectivity index is 2.01. The molecular weight excluding hydrogens is 316 g/mol. The average molecular weight is 341 g/mol. The van der Waals surface area contributed by atoms with Crippen molar-refractivity contribution < 1.29 is 4.74 Å². The molecule has 1 heterocycles. The topological polar surface area (TPSA) is 34.2 Å². The molecule has 0 aromatic carbocycles. The smallest absolute Gasteiger partial charge is 0.218 e. The van der Waals surface area contributed by atoms with Crippen molar-refractivity contribution in [1.29, 1.82) is 0 Å². The van der Waals surface area contributed by atoms with Crippen LogP contribution in [-0.4, -0.2) is 17.6 Å². The van der Waals surface area contributed by atoms with Gasteiger partial charge in [-0.25, -0.2) is 4.98 Å². The Hall–Kier alpha value is -0.610. The van der Waals surface area contributed by atoms with E-state index < -0.39 is 0 Å². The number of hydrogen-bond donors (Lipinski definition) is 1. The van der Waals surface area contributed by atoms with Crippen LogP contribution in [0.3, 0.4) is 0 Å². The molecule has 2 rings (SSSR count). The van der Waals surface area contributed by atoms with Gasteiger partial charge < -0.3 is 10.1 Å². The van der Waals surface area contributed by atoms with E-state index in [1.807, 2.05) is 6.20 Å². The normalized spacial score (nSPS) is 19.0. The quantitative estimate of drug-likeness (QED) is 0.867. The van der Waals surface area contributed by atoms with Crippen molar-refractivity contribution in [3.05, 3.63) is 22.3 Å². The van der Waals surface area contributed by atoms with Gasteiger partial charge in [0.05, 0.1) is 0 Å². The van der Waals surface area contributed by atoms with Crippen molar-refractivity contribution in [1.82, 2.24) is 10.3 Å². The molecule has 1 aromatic rings. The summed E-state index contributed by atoms with van der Waals surface area (Å²) in [6, 6.07) is 2.09. The molecule has 3 nitrogen and oxygen atoms in total. The van der Waals surface area contributed by atoms with Gasteiger partial charge in [-0.1, -0.05) is 20.8 Å². The minimum absolute atomic E-state index is 0.317. The Morgan fingerprint density at radius 2 is 2.10 bits per heavy atom. The molecule has 0 radical (unpaired) electrons. The number of halogens is 1. The fraction of sp³-hybridized carbons (Fsp3) is 0.688. The Morgan fingerprint density at radius 3 is 2.75 bits per heavy atom. The van der Waals surface area contributed by atoms with E-state index in [4.69, 9.17) is 4.74 Å². The third-order valence-electron chi connectivity index (χ3n) is 4.02. The Kier molecular flexibility index (Phi) is 5.44. The van der Waals surface area contributed by atoms with E-state index in [9.17, 15) is 0 Å². The first-order valence-corrected chi connectivity index (χ1v) is 8.31. The predicted octanol–water partition coefficient (Wildman–Crippen LogP) is 4.30. The summed E-state index contributed by atoms with van der Waals surface area (Å²) in [5.41, 5.74) is 1.60. The lowest BCUT2D eigenvalue weighted by Gasteiger charge is -2.34. The molecule has 0 amide bonds. The highest BCUT2D eigenvalue weighted by Crippen LogP contribution is 2.36. The van der Waals surface area contributed by atoms with Gasteiger partial charge in [-0.15, -0.1) is 0 Å². The third kappa shape index (κ3) is 4.45. The molecule has 1 aromatic heterocycles. The van der Waals surface area contributed by atoms with Crippen LogP contribution in [0.5, 0.6) is 5.88 Å². The monoisotopic (exact) mass is 340 g/mol. The molecule has 1 aliphatic rings. The molecule has 20 heavy (non-hydrogen) atoms. The molecule has 0 unspecified atom stereocenters. The number of hydrogen-bond acceptors (Lipinski definition) is 3. The van der Waals surface area contributed by atoms with E-state index in [1.54, 1.807) is 0 Å². The third-order valence-corrected chi connectivity index (χ3v) is 4.46. The Morgan fingerprint density at radius 1 is 1.40 bits per heavy atom. The van der Waals surface area contributed by atoms with Gasteiger partial charge in [0.2, 0.25) is 5.88 Å². The molecule has 1 saturated carbocycles. The summed E-state index contributed by atoms with van der Waals surface area (Å²) in [6.45, 7) is 8.55. The second kappa shape index (κ2) is 6.90. The molecule has 0 saturated heterocycles. The van der Waals surface area contributed by atoms with Crippen molar-refractivity contribution >= 4 is 15.9 Å². The van der Waals surface area contributed by atoms with Crippen LogP contribution < -0.4 is 10.1 Å². The average Bonchev–Trinajstić information content (AvgIpc) is 2.41. The highest BCUT2D eigenvalue weighted by molar-refractivity contribution is 9.10. The van der Waals surface area contributed by atoms with E-state index in [0.717, 1.165) is 41.8 Å². The Labute approximate surface area is 130 Å². The molecule has 1 N–H and O–H groups in total. The molecule has 0 aliphatic heterocycles. The van der Waals surface area contributed by atoms with Gasteiger partial charge in [0, 0.05) is 22.8 Å². The van der Waals surface area contributed by atoms with Crippen LogP contribution in [-0.2, 0) is 6.54 Å². The molecule has 0 bridgehead atoms. The van der Waals surface area contributed by atoms with E-state index in [0.29, 0.717) is 11.5 Å². The molecular formula is C16H25BrN2O. The van der Waals surface area contributed by atoms with Crippen LogP contribution in [0.15, 0.2) is 16.7 Å². The summed E-state index contributed by atoms with van der Waals surface area (Å²) in [4.78, 5) is 4.45. The van der Waals surface area contributed by atoms with Gasteiger partial charge >= 0.3 is 0 Å². The minimum atomic E-state index is 0.317. The van der Waals surface area contributed by atoms with Crippen LogP contribution in [0, 0.1) is 5.41 Å². The fourth-order valence-electron chi connectivity index (χ4n) is 2.61. The number of nitrogens with one attached hydrogen (secondary N) is 1. The van der Waals surface area contributed by atoms with Crippen molar-refractivity contribution in [2.24, 2.45) is 5.41 Å². The van der Waals surface area contributed by atoms with Gasteiger partial charge in [-0.05, 0) is 59.6 Å². The van der Waals surface area contributed by atoms with Crippen LogP contribution in [0.4, 0.5) is 0 Å². The number of nitrogens with zero attached hydrogens (tertiary/aromatic N) is 1. The van der Waals surface area contributed by atoms with Gasteiger partial charge in [0.1, 0.15) is 6.10 Å². The number of rotatable bonds is 5. The zero-order valence-corrected chi connectivity index (χ0v) is 14.3. The van der Waals surface area contributed by atoms with E-state index in [1.165, 1.54) is 12.8 Å². The van der Waals surface area contributed by atoms with Gasteiger partial charge in [0.25, 0.3) is 0 Å². The van der Waals surface area contributed by atoms with E-state index in [-0.39, 0.29) is 0 Å². The predicted molar refractivity (Wildman–Crippen MR) is 86.0 cm³/mol. The fourth-order valence-corrected chi connectivity index (χ4v) is 2.99. The zero-order valence-electron chi connectivity index (χ0n) is 12.7. The van der Waals surface area contributed by atoms with Crippen LogP contribution in [0.25, 0.3) is 0 Å². The Bertz CT molecular complexity index is 438. The maximum Gasteiger partial charge on any atom is 0.218 e. The van der Waals surface area contributed by atoms with Crippen molar-refractivity contribution in [3.63, 3.8) is 0 Å².